The quantitative estimate of drug-likeness (QED) is 0.277. The zero-order valence-corrected chi connectivity index (χ0v) is 22.5. The summed E-state index contributed by atoms with van der Waals surface area (Å²) in [5.41, 5.74) is 1.69. The second-order valence-corrected chi connectivity index (χ2v) is 10.4. The Morgan fingerprint density at radius 3 is 2.16 bits per heavy atom. The second-order valence-electron chi connectivity index (χ2n) is 8.25. The van der Waals surface area contributed by atoms with E-state index in [9.17, 15) is 8.42 Å². The fraction of sp³-hybridized carbons (Fsp3) is 0.320. The van der Waals surface area contributed by atoms with E-state index in [1.165, 1.54) is 28.4 Å². The fourth-order valence-electron chi connectivity index (χ4n) is 3.82. The van der Waals surface area contributed by atoms with E-state index in [0.717, 1.165) is 5.56 Å². The smallest absolute Gasteiger partial charge is 0.213 e. The average molecular weight is 541 g/mol. The molecule has 0 N–H and O–H groups in total. The predicted molar refractivity (Wildman–Crippen MR) is 138 cm³/mol. The van der Waals surface area contributed by atoms with Crippen molar-refractivity contribution in [2.24, 2.45) is 0 Å². The Morgan fingerprint density at radius 2 is 1.55 bits per heavy atom. The molecule has 0 aliphatic heterocycles. The molecule has 0 fully saturated rings. The third-order valence-corrected chi connectivity index (χ3v) is 7.15. The van der Waals surface area contributed by atoms with Crippen LogP contribution in [0.2, 0.25) is 0 Å². The van der Waals surface area contributed by atoms with Crippen LogP contribution in [0.15, 0.2) is 48.8 Å². The Hall–Kier alpha value is -4.10. The maximum absolute atomic E-state index is 13.4. The number of nitrogens with zero attached hydrogens (tertiary/aromatic N) is 6. The van der Waals surface area contributed by atoms with Crippen LogP contribution in [-0.2, 0) is 20.3 Å². The van der Waals surface area contributed by atoms with Crippen LogP contribution < -0.4 is 14.2 Å². The highest BCUT2D eigenvalue weighted by molar-refractivity contribution is 7.90. The normalized spacial score (nSPS) is 12.2. The zero-order chi connectivity index (χ0) is 27.3. The van der Waals surface area contributed by atoms with Gasteiger partial charge in [-0.05, 0) is 30.7 Å². The molecule has 1 atom stereocenters. The molecule has 38 heavy (non-hydrogen) atoms. The van der Waals surface area contributed by atoms with Gasteiger partial charge in [-0.3, -0.25) is 4.57 Å². The van der Waals surface area contributed by atoms with Crippen LogP contribution in [0.3, 0.4) is 0 Å². The number of aryl methyl sites for hydroxylation is 1. The Kier molecular flexibility index (Phi) is 8.17. The molecule has 0 spiro atoms. The highest BCUT2D eigenvalue weighted by Crippen LogP contribution is 2.36. The Balaban J connectivity index is 1.81. The molecule has 4 aromatic rings. The molecule has 0 radical (unpaired) electrons. The summed E-state index contributed by atoms with van der Waals surface area (Å²) in [4.78, 5) is 12.9. The van der Waals surface area contributed by atoms with Gasteiger partial charge in [0.15, 0.2) is 27.3 Å². The Morgan fingerprint density at radius 1 is 0.895 bits per heavy atom. The molecule has 13 heteroatoms. The third-order valence-electron chi connectivity index (χ3n) is 5.65. The van der Waals surface area contributed by atoms with Crippen LogP contribution in [0.5, 0.6) is 17.4 Å². The van der Waals surface area contributed by atoms with Gasteiger partial charge < -0.3 is 18.9 Å². The molecule has 3 heterocycles. The highest BCUT2D eigenvalue weighted by Gasteiger charge is 2.29. The van der Waals surface area contributed by atoms with E-state index in [1.807, 2.05) is 6.92 Å². The van der Waals surface area contributed by atoms with Crippen molar-refractivity contribution in [1.82, 2.24) is 29.7 Å². The number of rotatable bonds is 11. The third kappa shape index (κ3) is 5.73. The second kappa shape index (κ2) is 11.5. The molecule has 0 saturated heterocycles. The zero-order valence-electron chi connectivity index (χ0n) is 21.7. The van der Waals surface area contributed by atoms with Crippen molar-refractivity contribution in [1.29, 1.82) is 0 Å². The van der Waals surface area contributed by atoms with Crippen LogP contribution in [-0.4, -0.2) is 72.3 Å². The summed E-state index contributed by atoms with van der Waals surface area (Å²) in [7, 11) is 2.12. The van der Waals surface area contributed by atoms with Crippen molar-refractivity contribution >= 4 is 9.84 Å². The van der Waals surface area contributed by atoms with Gasteiger partial charge in [0.1, 0.15) is 34.7 Å². The van der Waals surface area contributed by atoms with E-state index in [2.05, 4.69) is 25.1 Å². The lowest BCUT2D eigenvalue weighted by Gasteiger charge is -2.18. The highest BCUT2D eigenvalue weighted by atomic mass is 32.2. The number of benzene rings is 1. The molecule has 4 rings (SSSR count). The van der Waals surface area contributed by atoms with Crippen LogP contribution in [0.4, 0.5) is 0 Å². The molecular weight excluding hydrogens is 512 g/mol. The van der Waals surface area contributed by atoms with Crippen molar-refractivity contribution in [2.75, 3.05) is 34.2 Å². The first-order valence-corrected chi connectivity index (χ1v) is 13.3. The summed E-state index contributed by atoms with van der Waals surface area (Å²) >= 11 is 0. The van der Waals surface area contributed by atoms with Crippen molar-refractivity contribution in [3.63, 3.8) is 0 Å². The first-order valence-electron chi connectivity index (χ1n) is 11.5. The topological polar surface area (TPSA) is 140 Å². The van der Waals surface area contributed by atoms with E-state index < -0.39 is 21.7 Å². The molecule has 200 valence electrons. The SMILES string of the molecule is COc1cccc(-c2nnc(CS(=O)(=O)C[C@@H](OC)c3ncc(C)cn3)n2-c2c(OC)cccc2OC)n1. The van der Waals surface area contributed by atoms with E-state index in [4.69, 9.17) is 18.9 Å². The summed E-state index contributed by atoms with van der Waals surface area (Å²) in [6.07, 6.45) is 2.36. The first kappa shape index (κ1) is 26.9. The van der Waals surface area contributed by atoms with Gasteiger partial charge in [-0.2, -0.15) is 0 Å². The number of ether oxygens (including phenoxy) is 4. The molecule has 3 aromatic heterocycles. The summed E-state index contributed by atoms with van der Waals surface area (Å²) in [6, 6.07) is 10.4. The van der Waals surface area contributed by atoms with Gasteiger partial charge >= 0.3 is 0 Å². The fourth-order valence-corrected chi connectivity index (χ4v) is 5.26. The minimum Gasteiger partial charge on any atom is -0.494 e. The largest absolute Gasteiger partial charge is 0.494 e. The molecule has 0 bridgehead atoms. The monoisotopic (exact) mass is 540 g/mol. The van der Waals surface area contributed by atoms with Crippen molar-refractivity contribution in [2.45, 2.75) is 18.8 Å². The number of methoxy groups -OCH3 is 4. The lowest BCUT2D eigenvalue weighted by atomic mass is 10.2. The van der Waals surface area contributed by atoms with E-state index in [-0.39, 0.29) is 23.2 Å². The lowest BCUT2D eigenvalue weighted by Crippen LogP contribution is -2.21. The summed E-state index contributed by atoms with van der Waals surface area (Å²) in [5.74, 6) is 1.07. The number of pyridine rings is 1. The molecule has 1 aromatic carbocycles. The molecule has 0 saturated carbocycles. The van der Waals surface area contributed by atoms with Gasteiger partial charge in [-0.15, -0.1) is 10.2 Å². The van der Waals surface area contributed by atoms with Crippen LogP contribution in [0.25, 0.3) is 17.2 Å². The number of para-hydroxylation sites is 1. The number of hydrogen-bond acceptors (Lipinski definition) is 11. The van der Waals surface area contributed by atoms with Gasteiger partial charge in [-0.25, -0.2) is 23.4 Å². The van der Waals surface area contributed by atoms with Gasteiger partial charge in [0, 0.05) is 25.6 Å². The number of hydrogen-bond donors (Lipinski definition) is 0. The maximum Gasteiger partial charge on any atom is 0.213 e. The van der Waals surface area contributed by atoms with E-state index in [1.54, 1.807) is 53.4 Å². The molecule has 0 aliphatic carbocycles. The molecule has 0 amide bonds. The van der Waals surface area contributed by atoms with Crippen molar-refractivity contribution in [3.05, 3.63) is 66.0 Å². The van der Waals surface area contributed by atoms with Crippen LogP contribution in [0.1, 0.15) is 23.3 Å². The summed E-state index contributed by atoms with van der Waals surface area (Å²) in [6.45, 7) is 1.84. The minimum atomic E-state index is -3.81. The van der Waals surface area contributed by atoms with Crippen molar-refractivity contribution in [3.8, 4) is 34.6 Å². The standard InChI is InChI=1S/C25H28N6O6S/c1-16-12-26-24(27-13-16)20(36-4)14-38(32,33)15-21-29-30-25(17-8-6-11-22(28-17)37-5)31(21)23-18(34-2)9-7-10-19(23)35-3/h6-13,20H,14-15H2,1-5H3/t20-/m1/s1. The summed E-state index contributed by atoms with van der Waals surface area (Å²) in [5, 5.41) is 8.55. The molecule has 0 unspecified atom stereocenters. The van der Waals surface area contributed by atoms with Crippen LogP contribution >= 0.6 is 0 Å². The van der Waals surface area contributed by atoms with Gasteiger partial charge in [0.05, 0.1) is 27.1 Å². The van der Waals surface area contributed by atoms with Gasteiger partial charge in [0.25, 0.3) is 0 Å². The van der Waals surface area contributed by atoms with Crippen molar-refractivity contribution < 1.29 is 27.4 Å². The minimum absolute atomic E-state index is 0.132. The Labute approximate surface area is 220 Å². The van der Waals surface area contributed by atoms with Crippen LogP contribution in [0, 0.1) is 6.92 Å². The predicted octanol–water partition coefficient (Wildman–Crippen LogP) is 2.76. The Bertz CT molecular complexity index is 1490. The van der Waals surface area contributed by atoms with Gasteiger partial charge in [-0.1, -0.05) is 12.1 Å². The lowest BCUT2D eigenvalue weighted by molar-refractivity contribution is 0.114. The molecule has 12 nitrogen and oxygen atoms in total. The van der Waals surface area contributed by atoms with E-state index in [0.29, 0.717) is 28.8 Å². The first-order chi connectivity index (χ1) is 18.3. The summed E-state index contributed by atoms with van der Waals surface area (Å²) < 4.78 is 50.3. The molecule has 0 aliphatic rings. The average Bonchev–Trinajstić information content (AvgIpc) is 3.33. The van der Waals surface area contributed by atoms with Gasteiger partial charge in [0.2, 0.25) is 5.88 Å². The molecular formula is C25H28N6O6S. The van der Waals surface area contributed by atoms with E-state index >= 15 is 0 Å². The maximum atomic E-state index is 13.4. The number of sulfone groups is 1. The number of aromatic nitrogens is 6.